The van der Waals surface area contributed by atoms with E-state index in [9.17, 15) is 18.0 Å². The van der Waals surface area contributed by atoms with E-state index in [0.29, 0.717) is 0 Å². The molecule has 108 valence electrons. The molecule has 8 heteroatoms. The maximum Gasteiger partial charge on any atom is 0.330 e. The van der Waals surface area contributed by atoms with Gasteiger partial charge in [-0.1, -0.05) is 19.6 Å². The first-order chi connectivity index (χ1) is 8.59. The van der Waals surface area contributed by atoms with Crippen LogP contribution in [0, 0.1) is 5.92 Å². The highest BCUT2D eigenvalue weighted by Crippen LogP contribution is 2.15. The lowest BCUT2D eigenvalue weighted by Gasteiger charge is -2.18. The summed E-state index contributed by atoms with van der Waals surface area (Å²) >= 11 is 0. The fraction of sp³-hybridized carbons (Fsp3) is 0.455. The van der Waals surface area contributed by atoms with Gasteiger partial charge in [0.1, 0.15) is 5.25 Å². The second kappa shape index (κ2) is 7.05. The lowest BCUT2D eigenvalue weighted by molar-refractivity contribution is -0.132. The van der Waals surface area contributed by atoms with Crippen LogP contribution in [-0.2, 0) is 19.7 Å². The Morgan fingerprint density at radius 2 is 1.95 bits per heavy atom. The highest BCUT2D eigenvalue weighted by Gasteiger charge is 2.28. The Hall–Kier alpha value is -1.67. The minimum absolute atomic E-state index is 0.0429. The zero-order chi connectivity index (χ0) is 15.2. The molecule has 0 heterocycles. The van der Waals surface area contributed by atoms with E-state index in [0.717, 1.165) is 12.2 Å². The van der Waals surface area contributed by atoms with E-state index in [2.05, 4.69) is 11.9 Å². The Morgan fingerprint density at radius 3 is 2.32 bits per heavy atom. The summed E-state index contributed by atoms with van der Waals surface area (Å²) in [4.78, 5) is 21.6. The van der Waals surface area contributed by atoms with Gasteiger partial charge in [-0.05, 0) is 18.9 Å². The lowest BCUT2D eigenvalue weighted by Crippen LogP contribution is -2.36. The summed E-state index contributed by atoms with van der Waals surface area (Å²) in [6, 6.07) is 0. The van der Waals surface area contributed by atoms with E-state index in [1.165, 1.54) is 13.8 Å². The first kappa shape index (κ1) is 17.3. The number of aliphatic carboxylic acids is 1. The molecule has 0 aromatic heterocycles. The molecule has 0 rings (SSSR count). The van der Waals surface area contributed by atoms with Crippen molar-refractivity contribution in [3.63, 3.8) is 0 Å². The molecule has 0 saturated heterocycles. The largest absolute Gasteiger partial charge is 0.478 e. The van der Waals surface area contributed by atoms with E-state index in [-0.39, 0.29) is 12.1 Å². The van der Waals surface area contributed by atoms with Gasteiger partial charge in [0.05, 0.1) is 0 Å². The van der Waals surface area contributed by atoms with Crippen molar-refractivity contribution in [2.45, 2.75) is 19.1 Å². The number of hydrogen-bond donors (Lipinski definition) is 3. The number of amides is 1. The fourth-order valence-electron chi connectivity index (χ4n) is 1.31. The van der Waals surface area contributed by atoms with Gasteiger partial charge in [0.25, 0.3) is 10.1 Å². The molecule has 0 spiro atoms. The molecule has 0 aliphatic rings. The monoisotopic (exact) mass is 291 g/mol. The van der Waals surface area contributed by atoms with Crippen LogP contribution in [0.25, 0.3) is 0 Å². The second-order valence-electron chi connectivity index (χ2n) is 4.06. The molecule has 2 atom stereocenters. The number of carbonyl (C=O) groups is 2. The quantitative estimate of drug-likeness (QED) is 0.455. The van der Waals surface area contributed by atoms with Crippen LogP contribution in [0.3, 0.4) is 0 Å². The Morgan fingerprint density at radius 1 is 1.42 bits per heavy atom. The topological polar surface area (TPSA) is 121 Å². The van der Waals surface area contributed by atoms with Crippen LogP contribution in [0.2, 0.25) is 0 Å². The van der Waals surface area contributed by atoms with Crippen molar-refractivity contribution in [3.8, 4) is 0 Å². The van der Waals surface area contributed by atoms with Crippen molar-refractivity contribution in [2.24, 2.45) is 5.92 Å². The van der Waals surface area contributed by atoms with Gasteiger partial charge in [0.15, 0.2) is 0 Å². The summed E-state index contributed by atoms with van der Waals surface area (Å²) in [5, 5.41) is 9.68. The Bertz CT molecular complexity index is 493. The minimum Gasteiger partial charge on any atom is -0.478 e. The van der Waals surface area contributed by atoms with Gasteiger partial charge >= 0.3 is 5.97 Å². The van der Waals surface area contributed by atoms with Crippen LogP contribution in [0.15, 0.2) is 24.3 Å². The molecule has 3 N–H and O–H groups in total. The molecule has 0 radical (unpaired) electrons. The second-order valence-corrected chi connectivity index (χ2v) is 5.64. The van der Waals surface area contributed by atoms with E-state index < -0.39 is 33.2 Å². The van der Waals surface area contributed by atoms with Gasteiger partial charge < -0.3 is 10.4 Å². The average molecular weight is 291 g/mol. The van der Waals surface area contributed by atoms with Gasteiger partial charge in [0, 0.05) is 12.1 Å². The van der Waals surface area contributed by atoms with Crippen LogP contribution in [0.4, 0.5) is 0 Å². The number of rotatable bonds is 7. The molecule has 0 bridgehead atoms. The molecular formula is C11H17NO6S. The molecule has 0 aliphatic carbocycles. The van der Waals surface area contributed by atoms with Crippen LogP contribution in [0.5, 0.6) is 0 Å². The van der Waals surface area contributed by atoms with Crippen molar-refractivity contribution in [1.29, 1.82) is 0 Å². The number of nitrogens with one attached hydrogen (secondary N) is 1. The van der Waals surface area contributed by atoms with E-state index in [1.54, 1.807) is 0 Å². The number of hydrogen-bond acceptors (Lipinski definition) is 4. The summed E-state index contributed by atoms with van der Waals surface area (Å²) in [5.74, 6) is -2.47. The lowest BCUT2D eigenvalue weighted by atomic mass is 10.1. The third kappa shape index (κ3) is 6.16. The van der Waals surface area contributed by atoms with E-state index in [1.807, 2.05) is 0 Å². The molecule has 7 nitrogen and oxygen atoms in total. The molecule has 0 aliphatic heterocycles. The third-order valence-corrected chi connectivity index (χ3v) is 3.73. The van der Waals surface area contributed by atoms with Crippen molar-refractivity contribution in [1.82, 2.24) is 5.32 Å². The Labute approximate surface area is 111 Å². The number of carboxylic acids is 1. The molecule has 0 aromatic rings. The summed E-state index contributed by atoms with van der Waals surface area (Å²) in [5.41, 5.74) is -0.204. The van der Waals surface area contributed by atoms with Crippen molar-refractivity contribution < 1.29 is 27.7 Å². The molecule has 0 fully saturated rings. The maximum absolute atomic E-state index is 11.2. The van der Waals surface area contributed by atoms with Gasteiger partial charge in [0.2, 0.25) is 5.91 Å². The molecule has 1 amide bonds. The number of carboxylic acid groups (broad SMARTS) is 1. The molecule has 2 unspecified atom stereocenters. The summed E-state index contributed by atoms with van der Waals surface area (Å²) in [7, 11) is -4.46. The summed E-state index contributed by atoms with van der Waals surface area (Å²) in [6.45, 7) is 5.88. The smallest absolute Gasteiger partial charge is 0.330 e. The van der Waals surface area contributed by atoms with E-state index >= 15 is 0 Å². The highest BCUT2D eigenvalue weighted by molar-refractivity contribution is 7.86. The first-order valence-electron chi connectivity index (χ1n) is 5.37. The predicted octanol–water partition coefficient (Wildman–Crippen LogP) is 0.212. The highest BCUT2D eigenvalue weighted by atomic mass is 32.2. The Kier molecular flexibility index (Phi) is 6.43. The summed E-state index contributed by atoms with van der Waals surface area (Å²) in [6.07, 6.45) is 1.97. The molecule has 0 aromatic carbocycles. The zero-order valence-electron chi connectivity index (χ0n) is 10.7. The zero-order valence-corrected chi connectivity index (χ0v) is 11.5. The molecule has 19 heavy (non-hydrogen) atoms. The Balaban J connectivity index is 5.08. The van der Waals surface area contributed by atoms with Crippen LogP contribution < -0.4 is 5.32 Å². The van der Waals surface area contributed by atoms with Gasteiger partial charge in [-0.2, -0.15) is 8.42 Å². The van der Waals surface area contributed by atoms with Crippen LogP contribution >= 0.6 is 0 Å². The van der Waals surface area contributed by atoms with Crippen molar-refractivity contribution in [2.75, 3.05) is 6.54 Å². The first-order valence-corrected chi connectivity index (χ1v) is 6.88. The van der Waals surface area contributed by atoms with Gasteiger partial charge in [-0.25, -0.2) is 4.79 Å². The van der Waals surface area contributed by atoms with Crippen molar-refractivity contribution >= 4 is 22.0 Å². The maximum atomic E-state index is 11.2. The van der Waals surface area contributed by atoms with Gasteiger partial charge in [-0.3, -0.25) is 9.35 Å². The minimum atomic E-state index is -4.46. The number of carbonyl (C=O) groups excluding carboxylic acids is 1. The van der Waals surface area contributed by atoms with E-state index in [4.69, 9.17) is 9.66 Å². The van der Waals surface area contributed by atoms with Crippen LogP contribution in [-0.4, -0.2) is 41.7 Å². The van der Waals surface area contributed by atoms with Crippen molar-refractivity contribution in [3.05, 3.63) is 24.3 Å². The normalized spacial score (nSPS) is 15.4. The SMILES string of the molecule is C=CC(=O)NCC(C)C(/C=C(\C)C(=O)O)S(=O)(=O)O. The van der Waals surface area contributed by atoms with Crippen LogP contribution in [0.1, 0.15) is 13.8 Å². The third-order valence-electron chi connectivity index (χ3n) is 2.44. The fourth-order valence-corrected chi connectivity index (χ4v) is 2.37. The standard InChI is InChI=1S/C11H17NO6S/c1-4-10(13)12-6-8(3)9(19(16,17)18)5-7(2)11(14)15/h4-5,8-9H,1,6H2,2-3H3,(H,12,13)(H,14,15)(H,16,17,18)/b7-5+. The molecule has 0 saturated carbocycles. The predicted molar refractivity (Wildman–Crippen MR) is 69.1 cm³/mol. The summed E-state index contributed by atoms with van der Waals surface area (Å²) < 4.78 is 31.6. The average Bonchev–Trinajstić information content (AvgIpc) is 2.30. The molecular weight excluding hydrogens is 274 g/mol. The van der Waals surface area contributed by atoms with Gasteiger partial charge in [-0.15, -0.1) is 0 Å².